The summed E-state index contributed by atoms with van der Waals surface area (Å²) in [4.78, 5) is 36.8. The van der Waals surface area contributed by atoms with E-state index in [9.17, 15) is 14.0 Å². The lowest BCUT2D eigenvalue weighted by molar-refractivity contribution is 0.0982. The van der Waals surface area contributed by atoms with Gasteiger partial charge in [0.15, 0.2) is 22.9 Å². The summed E-state index contributed by atoms with van der Waals surface area (Å²) in [5, 5.41) is 7.78. The Bertz CT molecular complexity index is 1520. The number of hydrogen-bond acceptors (Lipinski definition) is 8. The number of nitrogens with one attached hydrogen (secondary N) is 1. The fraction of sp³-hybridized carbons (Fsp3) is 0.261. The number of para-hydroxylation sites is 1. The minimum atomic E-state index is -0.637. The van der Waals surface area contributed by atoms with Gasteiger partial charge in [-0.3, -0.25) is 14.2 Å². The smallest absolute Gasteiger partial charge is 0.285 e. The Kier molecular flexibility index (Phi) is 6.71. The number of nitrogen functional groups attached to an aromatic ring is 1. The monoisotopic (exact) mass is 528 g/mol. The van der Waals surface area contributed by atoms with Gasteiger partial charge in [0, 0.05) is 31.6 Å². The second-order valence-electron chi connectivity index (χ2n) is 8.59. The summed E-state index contributed by atoms with van der Waals surface area (Å²) in [5.74, 6) is 0.646. The molecule has 3 N–H and O–H groups in total. The molecule has 0 aliphatic carbocycles. The standard InChI is InChI=1S/C23H21FN8O2.2H2S/c1-12-11-30(20-16-15(33)7-9-26-19(16)27-23(25)28-20)17(12)21-29-31-10-8-14(24)18(31)22(34)32(21)13-5-3-2-4-6-13;;/h2-6,8,10,12,17H,7,9,11H2,1H3,(H3,25,26,27,28);2*1H2/t12-,17-;;/m0../s1. The van der Waals surface area contributed by atoms with Crippen molar-refractivity contribution in [1.82, 2.24) is 24.1 Å². The van der Waals surface area contributed by atoms with Gasteiger partial charge in [-0.1, -0.05) is 25.1 Å². The predicted molar refractivity (Wildman–Crippen MR) is 145 cm³/mol. The summed E-state index contributed by atoms with van der Waals surface area (Å²) >= 11 is 0. The first-order valence-corrected chi connectivity index (χ1v) is 11.0. The van der Waals surface area contributed by atoms with Gasteiger partial charge in [0.05, 0.1) is 11.7 Å². The Hall–Kier alpha value is -3.58. The lowest BCUT2D eigenvalue weighted by atomic mass is 9.88. The minimum Gasteiger partial charge on any atom is -0.369 e. The van der Waals surface area contributed by atoms with Crippen LogP contribution in [0.3, 0.4) is 0 Å². The summed E-state index contributed by atoms with van der Waals surface area (Å²) < 4.78 is 17.2. The number of fused-ring (bicyclic) bond motifs is 2. The van der Waals surface area contributed by atoms with Crippen molar-refractivity contribution in [3.8, 4) is 5.69 Å². The zero-order chi connectivity index (χ0) is 23.6. The van der Waals surface area contributed by atoms with Crippen molar-refractivity contribution in [2.24, 2.45) is 5.92 Å². The predicted octanol–water partition coefficient (Wildman–Crippen LogP) is 2.42. The van der Waals surface area contributed by atoms with Crippen LogP contribution in [0.1, 0.15) is 35.6 Å². The van der Waals surface area contributed by atoms with Crippen LogP contribution in [0, 0.1) is 11.7 Å². The highest BCUT2D eigenvalue weighted by atomic mass is 32.1. The lowest BCUT2D eigenvalue weighted by Gasteiger charge is -2.48. The maximum Gasteiger partial charge on any atom is 0.285 e. The number of ketones is 1. The van der Waals surface area contributed by atoms with Gasteiger partial charge >= 0.3 is 0 Å². The molecule has 2 aliphatic rings. The number of halogens is 1. The van der Waals surface area contributed by atoms with Gasteiger partial charge in [0.25, 0.3) is 5.56 Å². The van der Waals surface area contributed by atoms with E-state index in [-0.39, 0.29) is 50.2 Å². The highest BCUT2D eigenvalue weighted by molar-refractivity contribution is 7.59. The molecule has 0 saturated carbocycles. The number of anilines is 3. The number of carbonyl (C=O) groups is 1. The summed E-state index contributed by atoms with van der Waals surface area (Å²) in [6.07, 6.45) is 1.75. The average molecular weight is 529 g/mol. The van der Waals surface area contributed by atoms with Gasteiger partial charge in [-0.2, -0.15) is 42.1 Å². The van der Waals surface area contributed by atoms with Crippen LogP contribution in [0.15, 0.2) is 47.4 Å². The molecule has 13 heteroatoms. The molecule has 188 valence electrons. The average Bonchev–Trinajstić information content (AvgIpc) is 3.18. The molecule has 4 aromatic rings. The van der Waals surface area contributed by atoms with E-state index in [1.165, 1.54) is 21.3 Å². The van der Waals surface area contributed by atoms with Crippen molar-refractivity contribution >= 4 is 55.9 Å². The fourth-order valence-electron chi connectivity index (χ4n) is 4.85. The number of nitrogens with two attached hydrogens (primary N) is 1. The Morgan fingerprint density at radius 2 is 1.86 bits per heavy atom. The van der Waals surface area contributed by atoms with Gasteiger partial charge in [0.1, 0.15) is 17.2 Å². The van der Waals surface area contributed by atoms with Crippen molar-refractivity contribution in [2.45, 2.75) is 19.4 Å². The molecule has 0 radical (unpaired) electrons. The van der Waals surface area contributed by atoms with E-state index in [0.29, 0.717) is 48.2 Å². The molecule has 10 nitrogen and oxygen atoms in total. The zero-order valence-electron chi connectivity index (χ0n) is 19.3. The van der Waals surface area contributed by atoms with Crippen LogP contribution < -0.4 is 21.5 Å². The van der Waals surface area contributed by atoms with Crippen LogP contribution in [-0.4, -0.2) is 43.0 Å². The van der Waals surface area contributed by atoms with Crippen LogP contribution in [0.5, 0.6) is 0 Å². The van der Waals surface area contributed by atoms with Crippen molar-refractivity contribution in [3.05, 3.63) is 70.2 Å². The van der Waals surface area contributed by atoms with Crippen LogP contribution in [-0.2, 0) is 0 Å². The van der Waals surface area contributed by atoms with E-state index in [4.69, 9.17) is 5.73 Å². The summed E-state index contributed by atoms with van der Waals surface area (Å²) in [5.41, 5.74) is 6.28. The van der Waals surface area contributed by atoms with Crippen LogP contribution in [0.25, 0.3) is 11.2 Å². The molecule has 2 atom stereocenters. The number of benzene rings is 1. The Labute approximate surface area is 219 Å². The first kappa shape index (κ1) is 25.5. The highest BCUT2D eigenvalue weighted by Gasteiger charge is 2.44. The third-order valence-corrected chi connectivity index (χ3v) is 6.40. The molecule has 3 aromatic heterocycles. The molecule has 0 unspecified atom stereocenters. The van der Waals surface area contributed by atoms with E-state index in [1.54, 1.807) is 24.3 Å². The maximum absolute atomic E-state index is 14.5. The number of nitrogens with zero attached hydrogens (tertiary/aromatic N) is 6. The molecular weight excluding hydrogens is 503 g/mol. The summed E-state index contributed by atoms with van der Waals surface area (Å²) in [6.45, 7) is 3.08. The van der Waals surface area contributed by atoms with E-state index >= 15 is 0 Å². The van der Waals surface area contributed by atoms with E-state index in [2.05, 4.69) is 20.4 Å². The molecule has 6 rings (SSSR count). The van der Waals surface area contributed by atoms with Crippen LogP contribution in [0.2, 0.25) is 0 Å². The molecule has 0 bridgehead atoms. The largest absolute Gasteiger partial charge is 0.369 e. The van der Waals surface area contributed by atoms with Gasteiger partial charge in [-0.15, -0.1) is 0 Å². The zero-order valence-corrected chi connectivity index (χ0v) is 21.3. The quantitative estimate of drug-likeness (QED) is 0.416. The van der Waals surface area contributed by atoms with Gasteiger partial charge in [0.2, 0.25) is 5.95 Å². The summed E-state index contributed by atoms with van der Waals surface area (Å²) in [7, 11) is 0. The SMILES string of the molecule is C[C@H]1CN(c2nc(N)nc3c2C(=O)CCN3)[C@@H]1c1nn2ccc(F)c2c(=O)n1-c1ccccc1.S.S. The number of Topliss-reactive ketones (excluding diaryl/α,β-unsaturated/α-hetero) is 1. The number of rotatable bonds is 3. The molecular formula is C23H25FN8O2S2. The molecule has 36 heavy (non-hydrogen) atoms. The van der Waals surface area contributed by atoms with Crippen LogP contribution in [0.4, 0.5) is 22.0 Å². The van der Waals surface area contributed by atoms with Crippen molar-refractivity contribution < 1.29 is 9.18 Å². The first-order chi connectivity index (χ1) is 16.4. The number of aromatic nitrogens is 5. The topological polar surface area (TPSA) is 123 Å². The van der Waals surface area contributed by atoms with Gasteiger partial charge in [-0.05, 0) is 18.2 Å². The van der Waals surface area contributed by atoms with Crippen molar-refractivity contribution in [2.75, 3.05) is 29.0 Å². The fourth-order valence-corrected chi connectivity index (χ4v) is 4.85. The maximum atomic E-state index is 14.5. The first-order valence-electron chi connectivity index (χ1n) is 11.0. The molecule has 5 heterocycles. The summed E-state index contributed by atoms with van der Waals surface area (Å²) in [6, 6.07) is 9.80. The Morgan fingerprint density at radius 3 is 2.58 bits per heavy atom. The third-order valence-electron chi connectivity index (χ3n) is 6.40. The molecule has 1 aromatic carbocycles. The number of hydrogen-bond donors (Lipinski definition) is 2. The van der Waals surface area contributed by atoms with Crippen molar-refractivity contribution in [3.63, 3.8) is 0 Å². The highest BCUT2D eigenvalue weighted by Crippen LogP contribution is 2.44. The Morgan fingerprint density at radius 1 is 1.11 bits per heavy atom. The van der Waals surface area contributed by atoms with E-state index in [0.717, 1.165) is 0 Å². The van der Waals surface area contributed by atoms with E-state index in [1.807, 2.05) is 17.9 Å². The van der Waals surface area contributed by atoms with Gasteiger partial charge < -0.3 is 16.0 Å². The molecule has 0 amide bonds. The number of carbonyl (C=O) groups excluding carboxylic acids is 1. The van der Waals surface area contributed by atoms with Crippen molar-refractivity contribution in [1.29, 1.82) is 0 Å². The molecule has 1 saturated heterocycles. The van der Waals surface area contributed by atoms with Crippen LogP contribution >= 0.6 is 27.0 Å². The molecule has 0 spiro atoms. The van der Waals surface area contributed by atoms with E-state index < -0.39 is 17.4 Å². The minimum absolute atomic E-state index is 0. The molecule has 1 fully saturated rings. The second-order valence-corrected chi connectivity index (χ2v) is 8.59. The normalized spacial score (nSPS) is 18.5. The lowest BCUT2D eigenvalue weighted by Crippen LogP contribution is -2.52. The third kappa shape index (κ3) is 3.78. The second kappa shape index (κ2) is 9.47. The Balaban J connectivity index is 0.00000152. The van der Waals surface area contributed by atoms with Gasteiger partial charge in [-0.25, -0.2) is 8.91 Å². The molecule has 2 aliphatic heterocycles.